The molecular weight excluding hydrogens is 878 g/mol. The number of carbonyl (C=O) groups is 2. The predicted octanol–water partition coefficient (Wildman–Crippen LogP) is 8.87. The molecular formula is C49H41Cl2N3O9S. The number of hydrogen-bond acceptors (Lipinski definition) is 9. The van der Waals surface area contributed by atoms with E-state index in [1.54, 1.807) is 67.6 Å². The van der Waals surface area contributed by atoms with E-state index >= 15 is 0 Å². The van der Waals surface area contributed by atoms with E-state index in [0.29, 0.717) is 56.2 Å². The zero-order valence-electron chi connectivity index (χ0n) is 34.6. The maximum absolute atomic E-state index is 14.7. The summed E-state index contributed by atoms with van der Waals surface area (Å²) in [5.41, 5.74) is 6.61. The molecule has 2 N–H and O–H groups in total. The van der Waals surface area contributed by atoms with Gasteiger partial charge in [0.15, 0.2) is 17.6 Å². The fourth-order valence-corrected chi connectivity index (χ4v) is 9.75. The number of nitrogens with one attached hydrogen (secondary N) is 1. The van der Waals surface area contributed by atoms with Gasteiger partial charge in [0.2, 0.25) is 15.9 Å². The maximum Gasteiger partial charge on any atom is 0.326 e. The van der Waals surface area contributed by atoms with Crippen molar-refractivity contribution in [3.8, 4) is 40.2 Å². The lowest BCUT2D eigenvalue weighted by Crippen LogP contribution is -2.55. The zero-order valence-corrected chi connectivity index (χ0v) is 36.9. The lowest BCUT2D eigenvalue weighted by Gasteiger charge is -2.37. The van der Waals surface area contributed by atoms with Gasteiger partial charge in [-0.05, 0) is 119 Å². The number of nitriles is 1. The minimum atomic E-state index is -4.43. The van der Waals surface area contributed by atoms with Crippen LogP contribution in [0.4, 0.5) is 0 Å². The number of carbonyl (C=O) groups excluding carboxylic acids is 1. The summed E-state index contributed by atoms with van der Waals surface area (Å²) in [5, 5.41) is 23.0. The fourth-order valence-electron chi connectivity index (χ4n) is 7.73. The Bertz CT molecular complexity index is 2890. The van der Waals surface area contributed by atoms with Gasteiger partial charge >= 0.3 is 5.97 Å². The van der Waals surface area contributed by atoms with E-state index in [2.05, 4.69) is 11.4 Å². The standard InChI is InChI=1S/C49H41Cl2N3O9S/c1-29-3-18-47(45(19-29)60-2)64(58,59)54-26-37-24-44-43(62-28-46(63-44)35-13-15-38(16-14-35)61-27-32-8-17-39(50)40(51)20-32)23-36(37)22-42(54)48(55)53-41(49(56)57)21-30-4-9-33(10-5-30)34-11-6-31(25-52)7-12-34/h3-20,23-24,41-42,46H,21-22,26-28H2,1-2H3,(H,53,55)(H,56,57)/t41?,42-,46+/m0/s1. The lowest BCUT2D eigenvalue weighted by molar-refractivity contribution is -0.142. The van der Waals surface area contributed by atoms with Crippen molar-refractivity contribution in [3.63, 3.8) is 0 Å². The summed E-state index contributed by atoms with van der Waals surface area (Å²) in [7, 11) is -3.06. The molecule has 64 heavy (non-hydrogen) atoms. The van der Waals surface area contributed by atoms with E-state index in [9.17, 15) is 23.1 Å². The second-order valence-corrected chi connectivity index (χ2v) is 18.2. The van der Waals surface area contributed by atoms with Crippen molar-refractivity contribution < 1.29 is 42.1 Å². The molecule has 12 nitrogen and oxygen atoms in total. The van der Waals surface area contributed by atoms with Crippen molar-refractivity contribution in [1.29, 1.82) is 5.26 Å². The van der Waals surface area contributed by atoms with E-state index in [-0.39, 0.29) is 36.6 Å². The Labute approximate surface area is 380 Å². The first-order valence-corrected chi connectivity index (χ1v) is 22.4. The number of amides is 1. The summed E-state index contributed by atoms with van der Waals surface area (Å²) in [6, 6.07) is 34.6. The number of aryl methyl sites for hydroxylation is 1. The highest BCUT2D eigenvalue weighted by atomic mass is 35.5. The third kappa shape index (κ3) is 9.51. The quantitative estimate of drug-likeness (QED) is 0.114. The second kappa shape index (κ2) is 18.7. The van der Waals surface area contributed by atoms with E-state index in [0.717, 1.165) is 32.1 Å². The van der Waals surface area contributed by atoms with Crippen molar-refractivity contribution in [2.75, 3.05) is 13.7 Å². The normalized spacial score (nSPS) is 16.2. The average Bonchev–Trinajstić information content (AvgIpc) is 3.30. The van der Waals surface area contributed by atoms with Crippen molar-refractivity contribution in [2.24, 2.45) is 0 Å². The van der Waals surface area contributed by atoms with Gasteiger partial charge in [0.25, 0.3) is 0 Å². The molecule has 0 radical (unpaired) electrons. The maximum atomic E-state index is 14.7. The van der Waals surface area contributed by atoms with Crippen LogP contribution in [0.25, 0.3) is 11.1 Å². The summed E-state index contributed by atoms with van der Waals surface area (Å²) in [6.45, 7) is 2.05. The summed E-state index contributed by atoms with van der Waals surface area (Å²) >= 11 is 12.2. The number of benzene rings is 6. The Balaban J connectivity index is 1.03. The first kappa shape index (κ1) is 44.1. The van der Waals surface area contributed by atoms with Gasteiger partial charge < -0.3 is 29.4 Å². The van der Waals surface area contributed by atoms with Gasteiger partial charge in [0.05, 0.1) is 28.8 Å². The number of hydrogen-bond donors (Lipinski definition) is 2. The van der Waals surface area contributed by atoms with Gasteiger partial charge in [-0.3, -0.25) is 4.79 Å². The van der Waals surface area contributed by atoms with Crippen LogP contribution in [0.3, 0.4) is 0 Å². The topological polar surface area (TPSA) is 164 Å². The average molecular weight is 919 g/mol. The highest BCUT2D eigenvalue weighted by Gasteiger charge is 2.43. The summed E-state index contributed by atoms with van der Waals surface area (Å²) in [4.78, 5) is 26.9. The van der Waals surface area contributed by atoms with Gasteiger partial charge in [0, 0.05) is 13.0 Å². The first-order valence-electron chi connectivity index (χ1n) is 20.2. The molecule has 2 heterocycles. The third-order valence-corrected chi connectivity index (χ3v) is 13.9. The van der Waals surface area contributed by atoms with E-state index in [4.69, 9.17) is 47.4 Å². The molecule has 0 spiro atoms. The molecule has 0 aliphatic carbocycles. The number of fused-ring (bicyclic) bond motifs is 2. The van der Waals surface area contributed by atoms with Crippen molar-refractivity contribution in [2.45, 2.75) is 56.0 Å². The first-order chi connectivity index (χ1) is 30.8. The Hall–Kier alpha value is -6.56. The number of ether oxygens (including phenoxy) is 4. The molecule has 2 aliphatic heterocycles. The van der Waals surface area contributed by atoms with Gasteiger partial charge in [-0.15, -0.1) is 0 Å². The zero-order chi connectivity index (χ0) is 45.1. The van der Waals surface area contributed by atoms with Crippen LogP contribution in [0.1, 0.15) is 45.0 Å². The molecule has 8 rings (SSSR count). The van der Waals surface area contributed by atoms with Gasteiger partial charge in [0.1, 0.15) is 41.7 Å². The van der Waals surface area contributed by atoms with Gasteiger partial charge in [-0.1, -0.05) is 83.9 Å². The Morgan fingerprint density at radius 3 is 2.23 bits per heavy atom. The fraction of sp³-hybridized carbons (Fsp3) is 0.204. The Morgan fingerprint density at radius 2 is 1.56 bits per heavy atom. The van der Waals surface area contributed by atoms with Gasteiger partial charge in [-0.25, -0.2) is 13.2 Å². The van der Waals surface area contributed by atoms with Crippen molar-refractivity contribution in [3.05, 3.63) is 170 Å². The van der Waals surface area contributed by atoms with Crippen molar-refractivity contribution >= 4 is 45.1 Å². The minimum absolute atomic E-state index is 0.0646. The second-order valence-electron chi connectivity index (χ2n) is 15.5. The molecule has 6 aromatic carbocycles. The summed E-state index contributed by atoms with van der Waals surface area (Å²) < 4.78 is 54.5. The van der Waals surface area contributed by atoms with Crippen LogP contribution in [0.15, 0.2) is 126 Å². The lowest BCUT2D eigenvalue weighted by atomic mass is 9.93. The van der Waals surface area contributed by atoms with E-state index in [1.165, 1.54) is 13.2 Å². The number of methoxy groups -OCH3 is 1. The third-order valence-electron chi connectivity index (χ3n) is 11.2. The predicted molar refractivity (Wildman–Crippen MR) is 240 cm³/mol. The van der Waals surface area contributed by atoms with Crippen LogP contribution in [0.2, 0.25) is 10.0 Å². The van der Waals surface area contributed by atoms with Crippen molar-refractivity contribution in [1.82, 2.24) is 9.62 Å². The monoisotopic (exact) mass is 917 g/mol. The highest BCUT2D eigenvalue weighted by Crippen LogP contribution is 2.42. The SMILES string of the molecule is COc1cc(C)ccc1S(=O)(=O)N1Cc2cc3c(cc2C[C@H]1C(=O)NC(Cc1ccc(-c2ccc(C#N)cc2)cc1)C(=O)O)OC[C@H](c1ccc(OCc2ccc(Cl)c(Cl)c2)cc1)O3. The summed E-state index contributed by atoms with van der Waals surface area (Å²) in [6.07, 6.45) is -0.636. The van der Waals surface area contributed by atoms with Crippen LogP contribution < -0.4 is 24.3 Å². The molecule has 0 bridgehead atoms. The molecule has 6 aromatic rings. The smallest absolute Gasteiger partial charge is 0.326 e. The molecule has 15 heteroatoms. The van der Waals surface area contributed by atoms with Crippen LogP contribution in [0.5, 0.6) is 23.0 Å². The van der Waals surface area contributed by atoms with Crippen LogP contribution >= 0.6 is 23.2 Å². The number of rotatable bonds is 13. The number of carboxylic acids is 1. The molecule has 0 aromatic heterocycles. The molecule has 326 valence electrons. The largest absolute Gasteiger partial charge is 0.495 e. The molecule has 3 atom stereocenters. The molecule has 0 saturated heterocycles. The molecule has 1 unspecified atom stereocenters. The molecule has 2 aliphatic rings. The Morgan fingerprint density at radius 1 is 0.875 bits per heavy atom. The Kier molecular flexibility index (Phi) is 12.8. The van der Waals surface area contributed by atoms with E-state index < -0.39 is 40.1 Å². The number of carboxylic acid groups (broad SMARTS) is 1. The van der Waals surface area contributed by atoms with Crippen LogP contribution in [-0.4, -0.2) is 55.5 Å². The highest BCUT2D eigenvalue weighted by molar-refractivity contribution is 7.89. The van der Waals surface area contributed by atoms with Crippen LogP contribution in [-0.2, 0) is 45.6 Å². The van der Waals surface area contributed by atoms with E-state index in [1.807, 2.05) is 54.6 Å². The molecule has 0 fully saturated rings. The van der Waals surface area contributed by atoms with Gasteiger partial charge in [-0.2, -0.15) is 9.57 Å². The number of aliphatic carboxylic acids is 1. The number of halogens is 2. The number of nitrogens with zero attached hydrogens (tertiary/aromatic N) is 2. The minimum Gasteiger partial charge on any atom is -0.495 e. The summed E-state index contributed by atoms with van der Waals surface area (Å²) in [5.74, 6) is -0.486. The van der Waals surface area contributed by atoms with Crippen LogP contribution in [0, 0.1) is 18.3 Å². The molecule has 0 saturated carbocycles. The number of sulfonamides is 1. The molecule has 1 amide bonds.